The van der Waals surface area contributed by atoms with Crippen LogP contribution in [0.1, 0.15) is 61.0 Å². The summed E-state index contributed by atoms with van der Waals surface area (Å²) in [6, 6.07) is 0.631. The van der Waals surface area contributed by atoms with Crippen LogP contribution in [0, 0.1) is 6.92 Å². The van der Waals surface area contributed by atoms with Gasteiger partial charge in [0.25, 0.3) is 5.91 Å². The Labute approximate surface area is 221 Å². The van der Waals surface area contributed by atoms with Crippen molar-refractivity contribution in [3.8, 4) is 23.0 Å². The van der Waals surface area contributed by atoms with Crippen LogP contribution < -0.4 is 10.1 Å². The van der Waals surface area contributed by atoms with Gasteiger partial charge in [0.05, 0.1) is 28.4 Å². The molecule has 0 bridgehead atoms. The fourth-order valence-corrected chi connectivity index (χ4v) is 5.70. The summed E-state index contributed by atoms with van der Waals surface area (Å²) in [5, 5.41) is 42.6. The lowest BCUT2D eigenvalue weighted by Gasteiger charge is -2.36. The number of carbonyl (C=O) groups is 2. The average molecular weight is 523 g/mol. The second-order valence-corrected chi connectivity index (χ2v) is 10.4. The first-order valence-corrected chi connectivity index (χ1v) is 13.1. The molecule has 2 fully saturated rings. The van der Waals surface area contributed by atoms with E-state index < -0.39 is 23.5 Å². The quantitative estimate of drug-likeness (QED) is 0.202. The van der Waals surface area contributed by atoms with Crippen LogP contribution in [0.2, 0.25) is 0 Å². The number of piperazine rings is 1. The molecule has 38 heavy (non-hydrogen) atoms. The number of anilines is 1. The molecule has 10 heteroatoms. The number of benzene rings is 2. The summed E-state index contributed by atoms with van der Waals surface area (Å²) in [7, 11) is 0. The van der Waals surface area contributed by atoms with Gasteiger partial charge in [0, 0.05) is 48.7 Å². The van der Waals surface area contributed by atoms with Crippen molar-refractivity contribution in [1.82, 2.24) is 9.91 Å². The van der Waals surface area contributed by atoms with E-state index in [0.29, 0.717) is 19.1 Å². The summed E-state index contributed by atoms with van der Waals surface area (Å²) < 4.78 is 5.68. The number of nitrogens with zero attached hydrogens (tertiary/aromatic N) is 3. The van der Waals surface area contributed by atoms with Gasteiger partial charge in [0.1, 0.15) is 17.2 Å². The van der Waals surface area contributed by atoms with Gasteiger partial charge in [-0.2, -0.15) is 5.10 Å². The number of fused-ring (bicyclic) bond motifs is 3. The maximum Gasteiger partial charge on any atom is 0.250 e. The van der Waals surface area contributed by atoms with Crippen molar-refractivity contribution in [1.29, 1.82) is 0 Å². The van der Waals surface area contributed by atoms with Gasteiger partial charge in [-0.25, -0.2) is 0 Å². The van der Waals surface area contributed by atoms with Crippen molar-refractivity contribution in [2.45, 2.75) is 58.6 Å². The molecule has 5 rings (SSSR count). The van der Waals surface area contributed by atoms with Crippen LogP contribution in [0.3, 0.4) is 0 Å². The van der Waals surface area contributed by atoms with Crippen LogP contribution in [0.15, 0.2) is 17.3 Å². The second kappa shape index (κ2) is 9.83. The Hall–Kier alpha value is -3.79. The molecule has 3 aliphatic rings. The van der Waals surface area contributed by atoms with E-state index >= 15 is 0 Å². The van der Waals surface area contributed by atoms with Crippen LogP contribution in [0.4, 0.5) is 5.69 Å². The third-order valence-electron chi connectivity index (χ3n) is 7.91. The van der Waals surface area contributed by atoms with E-state index in [0.717, 1.165) is 13.1 Å². The molecule has 0 unspecified atom stereocenters. The number of rotatable bonds is 5. The Morgan fingerprint density at radius 2 is 1.74 bits per heavy atom. The average Bonchev–Trinajstić information content (AvgIpc) is 3.53. The summed E-state index contributed by atoms with van der Waals surface area (Å²) in [6.07, 6.45) is 5.58. The van der Waals surface area contributed by atoms with E-state index in [1.807, 2.05) is 5.01 Å². The molecule has 1 saturated carbocycles. The standard InChI is InChI=1S/C28H34N4O6/c1-14(2)28(37)30-22-18(13-29-32-11-9-31(10-12-32)17-7-5-6-8-17)25(35)19-20(26(22)36)23(33)15(3)27-21(19)24(34)16(4)38-27/h13,16-17,33,35-36H,1,5-12H2,2-4H3,(H,30,37)/b29-13+/t16-/m0/s1. The highest BCUT2D eigenvalue weighted by Gasteiger charge is 2.38. The number of ketones is 1. The first kappa shape index (κ1) is 25.8. The molecule has 4 N–H and O–H groups in total. The Morgan fingerprint density at radius 1 is 1.08 bits per heavy atom. The van der Waals surface area contributed by atoms with Crippen LogP contribution in [-0.4, -0.2) is 81.5 Å². The Bertz CT molecular complexity index is 1370. The van der Waals surface area contributed by atoms with Gasteiger partial charge >= 0.3 is 0 Å². The number of amides is 1. The van der Waals surface area contributed by atoms with Crippen LogP contribution in [0.5, 0.6) is 23.0 Å². The topological polar surface area (TPSA) is 135 Å². The molecule has 0 aromatic heterocycles. The molecule has 2 aromatic carbocycles. The number of hydrazone groups is 1. The van der Waals surface area contributed by atoms with Gasteiger partial charge in [0.15, 0.2) is 11.9 Å². The summed E-state index contributed by atoms with van der Waals surface area (Å²) in [4.78, 5) is 28.1. The maximum atomic E-state index is 13.0. The van der Waals surface area contributed by atoms with Crippen molar-refractivity contribution in [2.24, 2.45) is 5.10 Å². The van der Waals surface area contributed by atoms with E-state index in [2.05, 4.69) is 21.9 Å². The third kappa shape index (κ3) is 4.22. The van der Waals surface area contributed by atoms with Crippen LogP contribution >= 0.6 is 0 Å². The third-order valence-corrected chi connectivity index (χ3v) is 7.91. The molecule has 1 atom stereocenters. The Kier molecular flexibility index (Phi) is 6.68. The summed E-state index contributed by atoms with van der Waals surface area (Å²) in [5.41, 5.74) is 0.388. The van der Waals surface area contributed by atoms with E-state index in [-0.39, 0.29) is 56.0 Å². The zero-order valence-electron chi connectivity index (χ0n) is 22.0. The molecular weight excluding hydrogens is 488 g/mol. The molecule has 1 amide bonds. The van der Waals surface area contributed by atoms with Crippen molar-refractivity contribution in [3.05, 3.63) is 28.8 Å². The summed E-state index contributed by atoms with van der Waals surface area (Å²) in [6.45, 7) is 11.4. The second-order valence-electron chi connectivity index (χ2n) is 10.4. The number of ether oxygens (including phenoxy) is 1. The molecule has 1 saturated heterocycles. The fraction of sp³-hybridized carbons (Fsp3) is 0.464. The van der Waals surface area contributed by atoms with E-state index in [9.17, 15) is 24.9 Å². The largest absolute Gasteiger partial charge is 0.507 e. The molecule has 202 valence electrons. The molecule has 2 aromatic rings. The number of hydrogen-bond acceptors (Lipinski definition) is 9. The van der Waals surface area contributed by atoms with Crippen molar-refractivity contribution in [3.63, 3.8) is 0 Å². The zero-order chi connectivity index (χ0) is 27.3. The molecular formula is C28H34N4O6. The van der Waals surface area contributed by atoms with Crippen LogP contribution in [-0.2, 0) is 4.79 Å². The molecule has 0 spiro atoms. The molecule has 2 aliphatic heterocycles. The van der Waals surface area contributed by atoms with Gasteiger partial charge in [-0.15, -0.1) is 0 Å². The minimum Gasteiger partial charge on any atom is -0.507 e. The first-order chi connectivity index (χ1) is 18.1. The predicted molar refractivity (Wildman–Crippen MR) is 145 cm³/mol. The van der Waals surface area contributed by atoms with E-state index in [1.54, 1.807) is 13.8 Å². The number of aromatic hydroxyl groups is 3. The molecule has 2 heterocycles. The van der Waals surface area contributed by atoms with Crippen molar-refractivity contribution >= 4 is 34.4 Å². The highest BCUT2D eigenvalue weighted by Crippen LogP contribution is 2.53. The smallest absolute Gasteiger partial charge is 0.250 e. The predicted octanol–water partition coefficient (Wildman–Crippen LogP) is 3.64. The highest BCUT2D eigenvalue weighted by molar-refractivity contribution is 6.23. The summed E-state index contributed by atoms with van der Waals surface area (Å²) >= 11 is 0. The lowest BCUT2D eigenvalue weighted by Crippen LogP contribution is -2.47. The Morgan fingerprint density at radius 3 is 2.37 bits per heavy atom. The van der Waals surface area contributed by atoms with Gasteiger partial charge in [-0.1, -0.05) is 19.4 Å². The van der Waals surface area contributed by atoms with Gasteiger partial charge in [-0.05, 0) is 33.6 Å². The van der Waals surface area contributed by atoms with Crippen molar-refractivity contribution < 1.29 is 29.6 Å². The lowest BCUT2D eigenvalue weighted by atomic mass is 9.92. The SMILES string of the molecule is C=C(C)C(=O)Nc1c(/C=N/N2CCN(C3CCCC3)CC2)c(O)c2c3c(c(C)c(O)c2c1O)O[C@@H](C)C3=O. The minimum absolute atomic E-state index is 0.0145. The van der Waals surface area contributed by atoms with Crippen LogP contribution in [0.25, 0.3) is 10.8 Å². The number of phenols is 3. The fourth-order valence-electron chi connectivity index (χ4n) is 5.70. The van der Waals surface area contributed by atoms with Gasteiger partial charge in [0.2, 0.25) is 5.78 Å². The number of Topliss-reactive ketones (excluding diaryl/α,β-unsaturated/α-hetero) is 1. The van der Waals surface area contributed by atoms with E-state index in [4.69, 9.17) is 4.74 Å². The first-order valence-electron chi connectivity index (χ1n) is 13.1. The number of phenolic OH excluding ortho intramolecular Hbond substituents is 3. The van der Waals surface area contributed by atoms with Gasteiger partial charge < -0.3 is 25.4 Å². The lowest BCUT2D eigenvalue weighted by molar-refractivity contribution is -0.112. The summed E-state index contributed by atoms with van der Waals surface area (Å²) in [5.74, 6) is -2.05. The molecule has 0 radical (unpaired) electrons. The number of carbonyl (C=O) groups excluding carboxylic acids is 2. The minimum atomic E-state index is -0.814. The Balaban J connectivity index is 1.60. The highest BCUT2D eigenvalue weighted by atomic mass is 16.5. The molecule has 10 nitrogen and oxygen atoms in total. The van der Waals surface area contributed by atoms with E-state index in [1.165, 1.54) is 38.8 Å². The zero-order valence-corrected chi connectivity index (χ0v) is 22.0. The number of nitrogens with one attached hydrogen (secondary N) is 1. The monoisotopic (exact) mass is 522 g/mol. The van der Waals surface area contributed by atoms with Gasteiger partial charge in [-0.3, -0.25) is 19.5 Å². The van der Waals surface area contributed by atoms with Crippen molar-refractivity contribution in [2.75, 3.05) is 31.5 Å². The normalized spacial score (nSPS) is 20.3. The number of hydrogen-bond donors (Lipinski definition) is 4. The maximum absolute atomic E-state index is 13.0. The molecule has 1 aliphatic carbocycles.